The Bertz CT molecular complexity index is 733. The summed E-state index contributed by atoms with van der Waals surface area (Å²) < 4.78 is 51.1. The van der Waals surface area contributed by atoms with E-state index in [1.807, 2.05) is 0 Å². The molecule has 1 amide bonds. The normalized spacial score (nSPS) is 20.5. The van der Waals surface area contributed by atoms with Crippen molar-refractivity contribution in [3.63, 3.8) is 0 Å². The molecule has 1 saturated heterocycles. The molecule has 2 unspecified atom stereocenters. The van der Waals surface area contributed by atoms with E-state index in [-0.39, 0.29) is 36.7 Å². The first kappa shape index (κ1) is 22.8. The summed E-state index contributed by atoms with van der Waals surface area (Å²) in [5, 5.41) is 5.95. The third kappa shape index (κ3) is 5.60. The van der Waals surface area contributed by atoms with Gasteiger partial charge in [-0.15, -0.1) is 12.4 Å². The van der Waals surface area contributed by atoms with Crippen LogP contribution in [0.5, 0.6) is 0 Å². The van der Waals surface area contributed by atoms with E-state index in [0.29, 0.717) is 25.1 Å². The summed E-state index contributed by atoms with van der Waals surface area (Å²) in [6.45, 7) is 2.39. The average molecular weight is 412 g/mol. The molecule has 10 heteroatoms. The molecule has 2 N–H and O–H groups in total. The number of piperidine rings is 1. The van der Waals surface area contributed by atoms with Crippen molar-refractivity contribution in [1.29, 1.82) is 0 Å². The number of hydrogen-bond acceptors (Lipinski definition) is 4. The maximum Gasteiger partial charge on any atom is 0.235 e. The Kier molecular flexibility index (Phi) is 8.39. The van der Waals surface area contributed by atoms with E-state index < -0.39 is 27.6 Å². The minimum atomic E-state index is -3.44. The molecular weight excluding hydrogens is 388 g/mol. The van der Waals surface area contributed by atoms with Crippen LogP contribution < -0.4 is 10.6 Å². The van der Waals surface area contributed by atoms with Gasteiger partial charge in [0, 0.05) is 25.6 Å². The Hall–Kier alpha value is -1.29. The molecule has 0 spiro atoms. The molecule has 2 atom stereocenters. The van der Waals surface area contributed by atoms with Crippen LogP contribution in [0.3, 0.4) is 0 Å². The fraction of sp³-hybridized carbons (Fsp3) is 0.562. The molecule has 6 nitrogen and oxygen atoms in total. The van der Waals surface area contributed by atoms with Gasteiger partial charge in [-0.2, -0.15) is 4.31 Å². The van der Waals surface area contributed by atoms with Gasteiger partial charge in [0.2, 0.25) is 15.9 Å². The van der Waals surface area contributed by atoms with Crippen molar-refractivity contribution in [2.24, 2.45) is 0 Å². The molecule has 0 saturated carbocycles. The lowest BCUT2D eigenvalue weighted by Gasteiger charge is -2.33. The number of amides is 1. The summed E-state index contributed by atoms with van der Waals surface area (Å²) in [6, 6.07) is 3.41. The standard InChI is InChI=1S/C16H23F2N3O3S.ClH/c1-3-25(23,24)21(2)10-16(22)20-15-9-19-7-6-12(15)11-4-5-13(17)14(18)8-11;/h4-5,8,12,15,19H,3,6-7,9-10H2,1-2H3,(H,20,22);1H. The Balaban J connectivity index is 0.00000338. The highest BCUT2D eigenvalue weighted by atomic mass is 35.5. The maximum atomic E-state index is 13.5. The molecule has 1 aromatic carbocycles. The van der Waals surface area contributed by atoms with Crippen LogP contribution in [0.25, 0.3) is 0 Å². The van der Waals surface area contributed by atoms with Crippen molar-refractivity contribution in [2.75, 3.05) is 32.4 Å². The van der Waals surface area contributed by atoms with Crippen molar-refractivity contribution < 1.29 is 22.0 Å². The van der Waals surface area contributed by atoms with E-state index in [1.165, 1.54) is 20.0 Å². The number of hydrogen-bond donors (Lipinski definition) is 2. The summed E-state index contributed by atoms with van der Waals surface area (Å²) >= 11 is 0. The molecule has 1 aliphatic heterocycles. The van der Waals surface area contributed by atoms with Crippen molar-refractivity contribution in [1.82, 2.24) is 14.9 Å². The molecule has 0 aromatic heterocycles. The first-order valence-corrected chi connectivity index (χ1v) is 9.74. The quantitative estimate of drug-likeness (QED) is 0.738. The molecule has 0 radical (unpaired) electrons. The van der Waals surface area contributed by atoms with E-state index in [4.69, 9.17) is 0 Å². The second-order valence-electron chi connectivity index (χ2n) is 6.10. The summed E-state index contributed by atoms with van der Waals surface area (Å²) in [5.74, 6) is -2.52. The smallest absolute Gasteiger partial charge is 0.235 e. The summed E-state index contributed by atoms with van der Waals surface area (Å²) in [7, 11) is -2.09. The molecule has 26 heavy (non-hydrogen) atoms. The fourth-order valence-corrected chi connectivity index (χ4v) is 3.68. The number of likely N-dealkylation sites (N-methyl/N-ethyl adjacent to an activating group) is 1. The lowest BCUT2D eigenvalue weighted by atomic mass is 9.86. The second kappa shape index (κ2) is 9.59. The van der Waals surface area contributed by atoms with Gasteiger partial charge < -0.3 is 10.6 Å². The number of rotatable bonds is 6. The molecule has 1 aliphatic rings. The highest BCUT2D eigenvalue weighted by molar-refractivity contribution is 7.89. The van der Waals surface area contributed by atoms with Crippen LogP contribution in [-0.2, 0) is 14.8 Å². The third-order valence-electron chi connectivity index (χ3n) is 4.41. The predicted molar refractivity (Wildman–Crippen MR) is 97.9 cm³/mol. The highest BCUT2D eigenvalue weighted by Crippen LogP contribution is 2.27. The summed E-state index contributed by atoms with van der Waals surface area (Å²) in [6.07, 6.45) is 0.652. The topological polar surface area (TPSA) is 78.5 Å². The van der Waals surface area contributed by atoms with Gasteiger partial charge in [0.25, 0.3) is 0 Å². The number of carbonyl (C=O) groups excluding carboxylic acids is 1. The molecule has 0 aliphatic carbocycles. The molecular formula is C16H24ClF2N3O3S. The van der Waals surface area contributed by atoms with Gasteiger partial charge in [-0.1, -0.05) is 6.07 Å². The van der Waals surface area contributed by atoms with Gasteiger partial charge in [0.1, 0.15) is 0 Å². The van der Waals surface area contributed by atoms with Gasteiger partial charge in [-0.05, 0) is 37.6 Å². The van der Waals surface area contributed by atoms with Gasteiger partial charge in [0.15, 0.2) is 11.6 Å². The Morgan fingerprint density at radius 2 is 2.04 bits per heavy atom. The van der Waals surface area contributed by atoms with Gasteiger partial charge in [-0.25, -0.2) is 17.2 Å². The largest absolute Gasteiger partial charge is 0.350 e. The number of sulfonamides is 1. The number of halogens is 3. The van der Waals surface area contributed by atoms with Crippen LogP contribution in [0.15, 0.2) is 18.2 Å². The molecule has 1 heterocycles. The minimum absolute atomic E-state index is 0. The highest BCUT2D eigenvalue weighted by Gasteiger charge is 2.29. The lowest BCUT2D eigenvalue weighted by Crippen LogP contribution is -2.52. The second-order valence-corrected chi connectivity index (χ2v) is 8.47. The molecule has 148 valence electrons. The number of nitrogens with one attached hydrogen (secondary N) is 2. The molecule has 0 bridgehead atoms. The van der Waals surface area contributed by atoms with Crippen molar-refractivity contribution in [2.45, 2.75) is 25.3 Å². The first-order chi connectivity index (χ1) is 11.7. The van der Waals surface area contributed by atoms with Gasteiger partial charge >= 0.3 is 0 Å². The van der Waals surface area contributed by atoms with Crippen LogP contribution in [-0.4, -0.2) is 57.1 Å². The van der Waals surface area contributed by atoms with Gasteiger partial charge in [-0.3, -0.25) is 4.79 Å². The minimum Gasteiger partial charge on any atom is -0.350 e. The lowest BCUT2D eigenvalue weighted by molar-refractivity contribution is -0.122. The van der Waals surface area contributed by atoms with Crippen molar-refractivity contribution in [3.8, 4) is 0 Å². The Labute approximate surface area is 158 Å². The molecule has 2 rings (SSSR count). The van der Waals surface area contributed by atoms with E-state index in [0.717, 1.165) is 16.4 Å². The van der Waals surface area contributed by atoms with E-state index in [1.54, 1.807) is 0 Å². The monoisotopic (exact) mass is 411 g/mol. The fourth-order valence-electron chi connectivity index (χ4n) is 2.93. The summed E-state index contributed by atoms with van der Waals surface area (Å²) in [5.41, 5.74) is 0.611. The Morgan fingerprint density at radius 1 is 1.35 bits per heavy atom. The zero-order chi connectivity index (χ0) is 18.6. The maximum absolute atomic E-state index is 13.5. The first-order valence-electron chi connectivity index (χ1n) is 8.13. The van der Waals surface area contributed by atoms with Crippen LogP contribution >= 0.6 is 12.4 Å². The van der Waals surface area contributed by atoms with Crippen molar-refractivity contribution in [3.05, 3.63) is 35.4 Å². The van der Waals surface area contributed by atoms with Gasteiger partial charge in [0.05, 0.1) is 12.3 Å². The van der Waals surface area contributed by atoms with E-state index in [9.17, 15) is 22.0 Å². The number of nitrogens with zero attached hydrogens (tertiary/aromatic N) is 1. The third-order valence-corrected chi connectivity index (χ3v) is 6.21. The molecule has 1 fully saturated rings. The van der Waals surface area contributed by atoms with Crippen molar-refractivity contribution >= 4 is 28.3 Å². The average Bonchev–Trinajstić information content (AvgIpc) is 2.57. The number of carbonyl (C=O) groups is 1. The van der Waals surface area contributed by atoms with Crippen LogP contribution in [0.2, 0.25) is 0 Å². The van der Waals surface area contributed by atoms with E-state index in [2.05, 4.69) is 10.6 Å². The zero-order valence-electron chi connectivity index (χ0n) is 14.7. The number of benzene rings is 1. The zero-order valence-corrected chi connectivity index (χ0v) is 16.3. The van der Waals surface area contributed by atoms with Crippen LogP contribution in [0.4, 0.5) is 8.78 Å². The summed E-state index contributed by atoms with van der Waals surface area (Å²) in [4.78, 5) is 12.2. The van der Waals surface area contributed by atoms with E-state index >= 15 is 0 Å². The molecule has 1 aromatic rings. The predicted octanol–water partition coefficient (Wildman–Crippen LogP) is 1.23. The van der Waals surface area contributed by atoms with Crippen LogP contribution in [0.1, 0.15) is 24.8 Å². The SMILES string of the molecule is CCS(=O)(=O)N(C)CC(=O)NC1CNCCC1c1ccc(F)c(F)c1.Cl. The van der Waals surface area contributed by atoms with Crippen LogP contribution in [0, 0.1) is 11.6 Å². The Morgan fingerprint density at radius 3 is 2.65 bits per heavy atom.